The summed E-state index contributed by atoms with van der Waals surface area (Å²) in [5.74, 6) is -0.663. The third-order valence-corrected chi connectivity index (χ3v) is 10.3. The van der Waals surface area contributed by atoms with E-state index in [9.17, 15) is 23.5 Å². The number of H-pyrrole nitrogens is 1. The molecule has 3 aliphatic heterocycles. The maximum absolute atomic E-state index is 13.8. The molecule has 2 bridgehead atoms. The summed E-state index contributed by atoms with van der Waals surface area (Å²) in [6.45, 7) is 6.77. The Bertz CT molecular complexity index is 1460. The molecule has 2 fully saturated rings. The van der Waals surface area contributed by atoms with E-state index < -0.39 is 22.2 Å². The molecule has 212 valence electrons. The standard InChI is InChI=1S/C29H35N5O5S/c1-29(2,3)26(31-27(36)23-12-18-8-4-6-10-22(18)30-23)28(37)34-16-20-13-21(34)15-33(20)25(35)17-32-14-19-9-5-7-11-24(19)40(32,38)39/h4-12,20-21,26,30,38-39H,13-17H2,1-3H3,(H,31,36)/t20-,21-,26+/m0/s1. The van der Waals surface area contributed by atoms with E-state index in [4.69, 9.17) is 0 Å². The number of piperazine rings is 1. The van der Waals surface area contributed by atoms with Gasteiger partial charge in [0, 0.05) is 30.5 Å². The number of aromatic nitrogens is 1. The number of hydrogen-bond acceptors (Lipinski definition) is 6. The van der Waals surface area contributed by atoms with E-state index in [0.29, 0.717) is 36.6 Å². The molecule has 2 saturated heterocycles. The quantitative estimate of drug-likeness (QED) is 0.374. The average Bonchev–Trinajstić information content (AvgIpc) is 3.68. The minimum Gasteiger partial charge on any atom is -0.351 e. The first-order chi connectivity index (χ1) is 18.9. The van der Waals surface area contributed by atoms with Gasteiger partial charge in [-0.15, -0.1) is 10.8 Å². The number of aromatic amines is 1. The van der Waals surface area contributed by atoms with Gasteiger partial charge in [0.25, 0.3) is 5.91 Å². The predicted octanol–water partition coefficient (Wildman–Crippen LogP) is 3.66. The molecule has 4 N–H and O–H groups in total. The summed E-state index contributed by atoms with van der Waals surface area (Å²) < 4.78 is 23.0. The van der Waals surface area contributed by atoms with Crippen molar-refractivity contribution in [3.63, 3.8) is 0 Å². The molecule has 2 aromatic carbocycles. The number of rotatable bonds is 5. The van der Waals surface area contributed by atoms with Crippen LogP contribution in [-0.4, -0.2) is 83.7 Å². The Morgan fingerprint density at radius 1 is 1.02 bits per heavy atom. The molecular weight excluding hydrogens is 530 g/mol. The van der Waals surface area contributed by atoms with Crippen LogP contribution < -0.4 is 5.32 Å². The number of amides is 3. The number of fused-ring (bicyclic) bond motifs is 4. The highest BCUT2D eigenvalue weighted by atomic mass is 32.3. The summed E-state index contributed by atoms with van der Waals surface area (Å²) in [6.07, 6.45) is 0.667. The second-order valence-corrected chi connectivity index (χ2v) is 14.0. The summed E-state index contributed by atoms with van der Waals surface area (Å²) in [5, 5.41) is 3.89. The van der Waals surface area contributed by atoms with E-state index in [1.165, 1.54) is 4.31 Å². The van der Waals surface area contributed by atoms with Crippen LogP contribution in [0, 0.1) is 5.41 Å². The van der Waals surface area contributed by atoms with Crippen LogP contribution in [0.4, 0.5) is 0 Å². The van der Waals surface area contributed by atoms with Crippen molar-refractivity contribution in [2.45, 2.75) is 56.8 Å². The maximum atomic E-state index is 13.8. The fraction of sp³-hybridized carbons (Fsp3) is 0.414. The maximum Gasteiger partial charge on any atom is 0.268 e. The summed E-state index contributed by atoms with van der Waals surface area (Å²) in [5.41, 5.74) is 1.54. The number of para-hydroxylation sites is 1. The van der Waals surface area contributed by atoms with Gasteiger partial charge in [0.1, 0.15) is 11.7 Å². The zero-order valence-corrected chi connectivity index (χ0v) is 23.6. The van der Waals surface area contributed by atoms with Crippen LogP contribution in [0.3, 0.4) is 0 Å². The normalized spacial score (nSPS) is 23.3. The highest BCUT2D eigenvalue weighted by Crippen LogP contribution is 2.58. The van der Waals surface area contributed by atoms with Gasteiger partial charge >= 0.3 is 0 Å². The molecule has 0 spiro atoms. The summed E-state index contributed by atoms with van der Waals surface area (Å²) >= 11 is 0. The molecule has 0 aliphatic carbocycles. The van der Waals surface area contributed by atoms with E-state index in [2.05, 4.69) is 10.3 Å². The highest BCUT2D eigenvalue weighted by molar-refractivity contribution is 8.22. The van der Waals surface area contributed by atoms with Gasteiger partial charge in [-0.3, -0.25) is 23.5 Å². The van der Waals surface area contributed by atoms with Crippen molar-refractivity contribution in [2.24, 2.45) is 5.41 Å². The van der Waals surface area contributed by atoms with Gasteiger partial charge in [-0.25, -0.2) is 0 Å². The zero-order valence-electron chi connectivity index (χ0n) is 22.8. The Morgan fingerprint density at radius 3 is 2.38 bits per heavy atom. The zero-order chi connectivity index (χ0) is 28.4. The lowest BCUT2D eigenvalue weighted by Gasteiger charge is -2.41. The molecule has 3 aliphatic rings. The fourth-order valence-electron chi connectivity index (χ4n) is 6.17. The fourth-order valence-corrected chi connectivity index (χ4v) is 7.80. The number of nitrogens with zero attached hydrogens (tertiary/aromatic N) is 3. The molecule has 10 nitrogen and oxygen atoms in total. The van der Waals surface area contributed by atoms with Crippen molar-refractivity contribution in [3.8, 4) is 0 Å². The van der Waals surface area contributed by atoms with Crippen molar-refractivity contribution in [1.29, 1.82) is 0 Å². The number of hydrogen-bond donors (Lipinski definition) is 4. The summed E-state index contributed by atoms with van der Waals surface area (Å²) in [4.78, 5) is 47.5. The molecule has 3 aromatic rings. The molecule has 3 amide bonds. The first kappa shape index (κ1) is 26.8. The van der Waals surface area contributed by atoms with Gasteiger partial charge in [-0.2, -0.15) is 4.31 Å². The van der Waals surface area contributed by atoms with Crippen LogP contribution >= 0.6 is 10.8 Å². The molecule has 0 radical (unpaired) electrons. The smallest absolute Gasteiger partial charge is 0.268 e. The SMILES string of the molecule is CC(C)(C)[C@H](NC(=O)c1cc2ccccc2[nH]1)C(=O)N1C[C@@H]2C[C@H]1CN2C(=O)CN1Cc2ccccc2S1(O)O. The number of benzene rings is 2. The number of carbonyl (C=O) groups is 3. The molecular formula is C29H35N5O5S. The Kier molecular flexibility index (Phi) is 6.45. The summed E-state index contributed by atoms with van der Waals surface area (Å²) in [7, 11) is -3.20. The molecule has 40 heavy (non-hydrogen) atoms. The third kappa shape index (κ3) is 4.56. The topological polar surface area (TPSA) is 129 Å². The average molecular weight is 566 g/mol. The Labute approximate surface area is 234 Å². The third-order valence-electron chi connectivity index (χ3n) is 8.29. The molecule has 6 rings (SSSR count). The van der Waals surface area contributed by atoms with Gasteiger partial charge in [-0.1, -0.05) is 57.2 Å². The van der Waals surface area contributed by atoms with E-state index in [1.54, 1.807) is 28.0 Å². The molecule has 1 aromatic heterocycles. The van der Waals surface area contributed by atoms with Gasteiger partial charge in [0.15, 0.2) is 0 Å². The lowest BCUT2D eigenvalue weighted by atomic mass is 9.85. The van der Waals surface area contributed by atoms with Crippen LogP contribution in [0.15, 0.2) is 59.5 Å². The second-order valence-electron chi connectivity index (χ2n) is 12.0. The van der Waals surface area contributed by atoms with Crippen LogP contribution in [0.5, 0.6) is 0 Å². The van der Waals surface area contributed by atoms with Crippen molar-refractivity contribution >= 4 is 39.4 Å². The molecule has 11 heteroatoms. The van der Waals surface area contributed by atoms with Gasteiger partial charge < -0.3 is 20.1 Å². The van der Waals surface area contributed by atoms with Crippen molar-refractivity contribution in [3.05, 3.63) is 65.9 Å². The van der Waals surface area contributed by atoms with Gasteiger partial charge in [0.2, 0.25) is 11.8 Å². The second kappa shape index (κ2) is 9.62. The van der Waals surface area contributed by atoms with E-state index in [0.717, 1.165) is 16.5 Å². The van der Waals surface area contributed by atoms with E-state index in [1.807, 2.05) is 57.2 Å². The first-order valence-corrected chi connectivity index (χ1v) is 15.0. The Balaban J connectivity index is 1.11. The molecule has 0 unspecified atom stereocenters. The minimum atomic E-state index is -3.20. The molecule has 0 saturated carbocycles. The van der Waals surface area contributed by atoms with Crippen molar-refractivity contribution in [1.82, 2.24) is 24.4 Å². The van der Waals surface area contributed by atoms with Crippen molar-refractivity contribution in [2.75, 3.05) is 19.6 Å². The number of likely N-dealkylation sites (tertiary alicyclic amines) is 2. The van der Waals surface area contributed by atoms with Crippen LogP contribution in [0.1, 0.15) is 43.2 Å². The van der Waals surface area contributed by atoms with E-state index in [-0.39, 0.29) is 36.3 Å². The van der Waals surface area contributed by atoms with Crippen molar-refractivity contribution < 1.29 is 23.5 Å². The van der Waals surface area contributed by atoms with Crippen LogP contribution in [-0.2, 0) is 16.1 Å². The Morgan fingerprint density at radius 2 is 1.70 bits per heavy atom. The minimum absolute atomic E-state index is 0.0979. The molecule has 4 heterocycles. The number of nitrogens with one attached hydrogen (secondary N) is 2. The lowest BCUT2D eigenvalue weighted by molar-refractivity contribution is -0.142. The van der Waals surface area contributed by atoms with Gasteiger partial charge in [-0.05, 0) is 35.6 Å². The number of carbonyl (C=O) groups excluding carboxylic acids is 3. The highest BCUT2D eigenvalue weighted by Gasteiger charge is 2.50. The monoisotopic (exact) mass is 565 g/mol. The Hall–Kier alpha value is -3.38. The van der Waals surface area contributed by atoms with Gasteiger partial charge in [0.05, 0.1) is 23.5 Å². The predicted molar refractivity (Wildman–Crippen MR) is 153 cm³/mol. The van der Waals surface area contributed by atoms with Crippen LogP contribution in [0.2, 0.25) is 0 Å². The van der Waals surface area contributed by atoms with E-state index >= 15 is 0 Å². The lowest BCUT2D eigenvalue weighted by Crippen LogP contribution is -2.59. The van der Waals surface area contributed by atoms with Crippen LogP contribution in [0.25, 0.3) is 10.9 Å². The molecule has 3 atom stereocenters. The summed E-state index contributed by atoms with van der Waals surface area (Å²) in [6, 6.07) is 15.5. The largest absolute Gasteiger partial charge is 0.351 e. The first-order valence-electron chi connectivity index (χ1n) is 13.5.